The third-order valence-electron chi connectivity index (χ3n) is 3.50. The lowest BCUT2D eigenvalue weighted by Gasteiger charge is -2.14. The minimum atomic E-state index is -0.691. The van der Waals surface area contributed by atoms with Gasteiger partial charge in [-0.3, -0.25) is 10.1 Å². The highest BCUT2D eigenvalue weighted by molar-refractivity contribution is 7.17. The number of benzene rings is 1. The van der Waals surface area contributed by atoms with E-state index in [1.807, 2.05) is 30.3 Å². The molecule has 7 nitrogen and oxygen atoms in total. The maximum Gasteiger partial charge on any atom is 0.296 e. The lowest BCUT2D eigenvalue weighted by atomic mass is 10.1. The Labute approximate surface area is 138 Å². The van der Waals surface area contributed by atoms with Gasteiger partial charge < -0.3 is 14.8 Å². The summed E-state index contributed by atoms with van der Waals surface area (Å²) in [5.41, 5.74) is 0.783. The maximum absolute atomic E-state index is 12.3. The lowest BCUT2D eigenvalue weighted by molar-refractivity contribution is -0.126. The fraction of sp³-hybridized carbons (Fsp3) is 0.400. The zero-order valence-corrected chi connectivity index (χ0v) is 13.5. The number of nitrogens with one attached hydrogen (secondary N) is 2. The van der Waals surface area contributed by atoms with Gasteiger partial charge in [0, 0.05) is 13.7 Å². The summed E-state index contributed by atoms with van der Waals surface area (Å²) in [5, 5.41) is 14.7. The number of anilines is 1. The Morgan fingerprint density at radius 3 is 2.91 bits per heavy atom. The van der Waals surface area contributed by atoms with Crippen LogP contribution in [0.15, 0.2) is 30.3 Å². The Morgan fingerprint density at radius 1 is 1.39 bits per heavy atom. The number of nitrogens with zero attached hydrogens (tertiary/aromatic N) is 2. The highest BCUT2D eigenvalue weighted by Gasteiger charge is 2.22. The Morgan fingerprint density at radius 2 is 2.22 bits per heavy atom. The first-order valence-corrected chi connectivity index (χ1v) is 8.17. The average molecular weight is 334 g/mol. The zero-order valence-electron chi connectivity index (χ0n) is 12.7. The van der Waals surface area contributed by atoms with Crippen LogP contribution in [0, 0.1) is 0 Å². The van der Waals surface area contributed by atoms with Gasteiger partial charge in [0.05, 0.1) is 0 Å². The zero-order chi connectivity index (χ0) is 16.1. The van der Waals surface area contributed by atoms with Crippen molar-refractivity contribution in [3.05, 3.63) is 35.9 Å². The fourth-order valence-corrected chi connectivity index (χ4v) is 3.04. The third-order valence-corrected chi connectivity index (χ3v) is 4.22. The largest absolute Gasteiger partial charge is 0.464 e. The van der Waals surface area contributed by atoms with Gasteiger partial charge in [0.15, 0.2) is 6.10 Å². The van der Waals surface area contributed by atoms with E-state index in [2.05, 4.69) is 20.8 Å². The molecule has 1 aliphatic heterocycles. The van der Waals surface area contributed by atoms with E-state index in [9.17, 15) is 4.79 Å². The van der Waals surface area contributed by atoms with Crippen LogP contribution in [0.3, 0.4) is 0 Å². The smallest absolute Gasteiger partial charge is 0.296 e. The number of carbonyl (C=O) groups is 1. The number of methoxy groups -OCH3 is 1. The molecule has 1 amide bonds. The van der Waals surface area contributed by atoms with Gasteiger partial charge in [0.1, 0.15) is 6.10 Å². The highest BCUT2D eigenvalue weighted by Crippen LogP contribution is 2.26. The van der Waals surface area contributed by atoms with Crippen molar-refractivity contribution in [3.8, 4) is 5.19 Å². The van der Waals surface area contributed by atoms with Crippen LogP contribution in [0.2, 0.25) is 0 Å². The summed E-state index contributed by atoms with van der Waals surface area (Å²) in [6, 6.07) is 9.30. The number of hydrogen-bond donors (Lipinski definition) is 2. The fourth-order valence-electron chi connectivity index (χ4n) is 2.37. The molecule has 0 saturated carbocycles. The normalized spacial score (nSPS) is 18.6. The van der Waals surface area contributed by atoms with Crippen molar-refractivity contribution in [3.63, 3.8) is 0 Å². The van der Waals surface area contributed by atoms with Crippen LogP contribution in [0.4, 0.5) is 5.13 Å². The van der Waals surface area contributed by atoms with Gasteiger partial charge in [-0.05, 0) is 29.9 Å². The van der Waals surface area contributed by atoms with E-state index in [1.165, 1.54) is 18.4 Å². The SMILES string of the molecule is CO[C@H](C(=O)Nc1nnc(OC2CCNC2)s1)c1ccccc1. The second-order valence-corrected chi connectivity index (χ2v) is 6.06. The van der Waals surface area contributed by atoms with E-state index in [0.717, 1.165) is 25.1 Å². The number of ether oxygens (including phenoxy) is 2. The molecule has 0 bridgehead atoms. The Hall–Kier alpha value is -2.03. The second kappa shape index (κ2) is 7.49. The van der Waals surface area contributed by atoms with E-state index in [0.29, 0.717) is 10.3 Å². The van der Waals surface area contributed by atoms with Crippen molar-refractivity contribution in [1.82, 2.24) is 15.5 Å². The van der Waals surface area contributed by atoms with Gasteiger partial charge in [0.2, 0.25) is 5.13 Å². The van der Waals surface area contributed by atoms with Crippen molar-refractivity contribution in [1.29, 1.82) is 0 Å². The summed E-state index contributed by atoms with van der Waals surface area (Å²) >= 11 is 1.21. The molecule has 8 heteroatoms. The average Bonchev–Trinajstić information content (AvgIpc) is 3.22. The minimum absolute atomic E-state index is 0.113. The molecule has 3 rings (SSSR count). The first kappa shape index (κ1) is 15.9. The van der Waals surface area contributed by atoms with Gasteiger partial charge in [-0.15, -0.1) is 5.10 Å². The molecule has 2 aromatic rings. The monoisotopic (exact) mass is 334 g/mol. The van der Waals surface area contributed by atoms with Crippen LogP contribution in [0.25, 0.3) is 0 Å². The molecule has 0 spiro atoms. The predicted molar refractivity (Wildman–Crippen MR) is 86.6 cm³/mol. The molecule has 1 saturated heterocycles. The van der Waals surface area contributed by atoms with Crippen LogP contribution in [0.1, 0.15) is 18.1 Å². The molecular weight excluding hydrogens is 316 g/mol. The molecular formula is C15H18N4O3S. The van der Waals surface area contributed by atoms with E-state index >= 15 is 0 Å². The van der Waals surface area contributed by atoms with E-state index in [4.69, 9.17) is 9.47 Å². The van der Waals surface area contributed by atoms with Gasteiger partial charge >= 0.3 is 0 Å². The number of amides is 1. The maximum atomic E-state index is 12.3. The molecule has 0 aliphatic carbocycles. The quantitative estimate of drug-likeness (QED) is 0.835. The summed E-state index contributed by atoms with van der Waals surface area (Å²) in [5.74, 6) is -0.288. The van der Waals surface area contributed by atoms with E-state index in [1.54, 1.807) is 0 Å². The lowest BCUT2D eigenvalue weighted by Crippen LogP contribution is -2.22. The summed E-state index contributed by atoms with van der Waals surface area (Å²) in [6.45, 7) is 1.75. The summed E-state index contributed by atoms with van der Waals surface area (Å²) in [6.07, 6.45) is 0.368. The summed E-state index contributed by atoms with van der Waals surface area (Å²) < 4.78 is 11.0. The van der Waals surface area contributed by atoms with Crippen LogP contribution >= 0.6 is 11.3 Å². The first-order chi connectivity index (χ1) is 11.3. The topological polar surface area (TPSA) is 85.4 Å². The molecule has 122 valence electrons. The number of hydrogen-bond acceptors (Lipinski definition) is 7. The minimum Gasteiger partial charge on any atom is -0.464 e. The highest BCUT2D eigenvalue weighted by atomic mass is 32.1. The Balaban J connectivity index is 1.61. The van der Waals surface area contributed by atoms with Crippen LogP contribution in [-0.4, -0.2) is 42.4 Å². The molecule has 23 heavy (non-hydrogen) atoms. The van der Waals surface area contributed by atoms with Crippen molar-refractivity contribution in [2.24, 2.45) is 0 Å². The van der Waals surface area contributed by atoms with Gasteiger partial charge in [-0.2, -0.15) is 0 Å². The van der Waals surface area contributed by atoms with Crippen LogP contribution in [0.5, 0.6) is 5.19 Å². The van der Waals surface area contributed by atoms with Gasteiger partial charge in [0.25, 0.3) is 11.1 Å². The standard InChI is InChI=1S/C15H18N4O3S/c1-21-12(10-5-3-2-4-6-10)13(20)17-14-18-19-15(23-14)22-11-7-8-16-9-11/h2-6,11-12,16H,7-9H2,1H3,(H,17,18,20)/t11?,12-/m0/s1. The molecule has 2 heterocycles. The molecule has 1 aliphatic rings. The molecule has 2 atom stereocenters. The molecule has 1 aromatic heterocycles. The molecule has 2 N–H and O–H groups in total. The molecule has 1 fully saturated rings. The van der Waals surface area contributed by atoms with Crippen molar-refractivity contribution in [2.75, 3.05) is 25.5 Å². The number of carbonyl (C=O) groups excluding carboxylic acids is 1. The third kappa shape index (κ3) is 4.04. The molecule has 1 unspecified atom stereocenters. The van der Waals surface area contributed by atoms with Crippen molar-refractivity contribution >= 4 is 22.4 Å². The van der Waals surface area contributed by atoms with Crippen molar-refractivity contribution in [2.45, 2.75) is 18.6 Å². The summed E-state index contributed by atoms with van der Waals surface area (Å²) in [7, 11) is 1.50. The molecule has 1 aromatic carbocycles. The number of rotatable bonds is 6. The number of aromatic nitrogens is 2. The second-order valence-electron chi connectivity index (χ2n) is 5.12. The van der Waals surface area contributed by atoms with E-state index < -0.39 is 6.10 Å². The first-order valence-electron chi connectivity index (χ1n) is 7.36. The summed E-state index contributed by atoms with van der Waals surface area (Å²) in [4.78, 5) is 12.3. The van der Waals surface area contributed by atoms with E-state index in [-0.39, 0.29) is 12.0 Å². The predicted octanol–water partition coefficient (Wildman–Crippen LogP) is 1.60. The van der Waals surface area contributed by atoms with Crippen molar-refractivity contribution < 1.29 is 14.3 Å². The Bertz CT molecular complexity index is 643. The molecule has 0 radical (unpaired) electrons. The van der Waals surface area contributed by atoms with Crippen LogP contribution < -0.4 is 15.4 Å². The van der Waals surface area contributed by atoms with Gasteiger partial charge in [-0.25, -0.2) is 0 Å². The van der Waals surface area contributed by atoms with Gasteiger partial charge in [-0.1, -0.05) is 35.4 Å². The Kier molecular flexibility index (Phi) is 5.16. The van der Waals surface area contributed by atoms with Crippen LogP contribution in [-0.2, 0) is 9.53 Å².